The Hall–Kier alpha value is -4.96. The summed E-state index contributed by atoms with van der Waals surface area (Å²) in [4.78, 5) is 21.5. The average molecular weight is 517 g/mol. The zero-order valence-electron chi connectivity index (χ0n) is 22.5. The molecule has 1 aliphatic rings. The SMILES string of the molecule is CCC1(C)c2nc(-c3ccccc3)c(-c3ccccc3)nc2-c2nc(-c3ccccc3)c(-c3ccccc3)nc21. The second-order valence-corrected chi connectivity index (χ2v) is 10.4. The van der Waals surface area contributed by atoms with Crippen LogP contribution in [0.5, 0.6) is 0 Å². The molecule has 0 radical (unpaired) electrons. The lowest BCUT2D eigenvalue weighted by Crippen LogP contribution is -2.23. The third-order valence-corrected chi connectivity index (χ3v) is 7.96. The Morgan fingerprint density at radius 2 is 0.675 bits per heavy atom. The van der Waals surface area contributed by atoms with E-state index >= 15 is 0 Å². The Morgan fingerprint density at radius 3 is 0.950 bits per heavy atom. The van der Waals surface area contributed by atoms with E-state index in [2.05, 4.69) is 62.4 Å². The summed E-state index contributed by atoms with van der Waals surface area (Å²) in [6.45, 7) is 4.43. The summed E-state index contributed by atoms with van der Waals surface area (Å²) < 4.78 is 0. The van der Waals surface area contributed by atoms with E-state index in [1.807, 2.05) is 72.8 Å². The lowest BCUT2D eigenvalue weighted by atomic mass is 9.83. The van der Waals surface area contributed by atoms with Crippen LogP contribution in [0.4, 0.5) is 0 Å². The molecule has 0 saturated carbocycles. The molecule has 0 atom stereocenters. The second kappa shape index (κ2) is 9.65. The molecule has 1 aliphatic carbocycles. The van der Waals surface area contributed by atoms with Crippen LogP contribution in [0, 0.1) is 0 Å². The number of hydrogen-bond acceptors (Lipinski definition) is 4. The highest BCUT2D eigenvalue weighted by atomic mass is 15.0. The molecule has 40 heavy (non-hydrogen) atoms. The molecule has 0 fully saturated rings. The molecule has 7 rings (SSSR count). The molecule has 0 amide bonds. The van der Waals surface area contributed by atoms with Gasteiger partial charge in [0.1, 0.15) is 11.4 Å². The molecule has 2 heterocycles. The maximum atomic E-state index is 5.40. The van der Waals surface area contributed by atoms with E-state index in [0.717, 1.165) is 74.2 Å². The van der Waals surface area contributed by atoms with Crippen molar-refractivity contribution in [2.24, 2.45) is 0 Å². The van der Waals surface area contributed by atoms with Crippen molar-refractivity contribution in [3.8, 4) is 56.4 Å². The second-order valence-electron chi connectivity index (χ2n) is 10.4. The van der Waals surface area contributed by atoms with E-state index in [1.54, 1.807) is 0 Å². The Kier molecular flexibility index (Phi) is 5.82. The fourth-order valence-electron chi connectivity index (χ4n) is 5.61. The Bertz CT molecular complexity index is 1680. The Labute approximate surface area is 234 Å². The van der Waals surface area contributed by atoms with E-state index < -0.39 is 5.41 Å². The highest BCUT2D eigenvalue weighted by Crippen LogP contribution is 2.50. The standard InChI is InChI=1S/C36H28N4/c1-3-36(2)34-32(37-28(24-16-8-4-9-17-24)30(39-34)26-20-12-6-13-21-26)33-35(36)40-31(27-22-14-7-15-23-27)29(38-33)25-18-10-5-11-19-25/h4-23H,3H2,1-2H3. The molecule has 0 bridgehead atoms. The third-order valence-electron chi connectivity index (χ3n) is 7.96. The van der Waals surface area contributed by atoms with Crippen molar-refractivity contribution in [2.75, 3.05) is 0 Å². The van der Waals surface area contributed by atoms with E-state index in [-0.39, 0.29) is 0 Å². The highest BCUT2D eigenvalue weighted by molar-refractivity contribution is 5.86. The maximum absolute atomic E-state index is 5.40. The number of benzene rings is 4. The number of fused-ring (bicyclic) bond motifs is 3. The number of rotatable bonds is 5. The third kappa shape index (κ3) is 3.84. The van der Waals surface area contributed by atoms with Crippen LogP contribution in [0.25, 0.3) is 56.4 Å². The fourth-order valence-corrected chi connectivity index (χ4v) is 5.61. The quantitative estimate of drug-likeness (QED) is 0.230. The van der Waals surface area contributed by atoms with Crippen LogP contribution in [-0.4, -0.2) is 19.9 Å². The predicted molar refractivity (Wildman–Crippen MR) is 162 cm³/mol. The molecule has 0 spiro atoms. The van der Waals surface area contributed by atoms with Gasteiger partial charge in [0.05, 0.1) is 39.6 Å². The molecule has 0 N–H and O–H groups in total. The fraction of sp³-hybridized carbons (Fsp3) is 0.111. The van der Waals surface area contributed by atoms with Gasteiger partial charge in [-0.2, -0.15) is 0 Å². The van der Waals surface area contributed by atoms with Gasteiger partial charge >= 0.3 is 0 Å². The first-order valence-corrected chi connectivity index (χ1v) is 13.7. The van der Waals surface area contributed by atoms with E-state index in [1.165, 1.54) is 0 Å². The van der Waals surface area contributed by atoms with E-state index in [0.29, 0.717) is 0 Å². The van der Waals surface area contributed by atoms with E-state index in [4.69, 9.17) is 19.9 Å². The first kappa shape index (κ1) is 24.1. The molecule has 4 heteroatoms. The van der Waals surface area contributed by atoms with Gasteiger partial charge in [-0.15, -0.1) is 0 Å². The van der Waals surface area contributed by atoms with Crippen molar-refractivity contribution in [1.82, 2.24) is 19.9 Å². The minimum absolute atomic E-state index is 0.428. The summed E-state index contributed by atoms with van der Waals surface area (Å²) in [5.41, 5.74) is 10.7. The minimum Gasteiger partial charge on any atom is -0.247 e. The largest absolute Gasteiger partial charge is 0.247 e. The lowest BCUT2D eigenvalue weighted by Gasteiger charge is -2.24. The van der Waals surface area contributed by atoms with Crippen molar-refractivity contribution < 1.29 is 0 Å². The summed E-state index contributed by atoms with van der Waals surface area (Å²) >= 11 is 0. The number of nitrogens with zero attached hydrogens (tertiary/aromatic N) is 4. The summed E-state index contributed by atoms with van der Waals surface area (Å²) in [6.07, 6.45) is 0.828. The molecular formula is C36H28N4. The van der Waals surface area contributed by atoms with Gasteiger partial charge in [0, 0.05) is 22.3 Å². The van der Waals surface area contributed by atoms with Gasteiger partial charge in [-0.3, -0.25) is 0 Å². The van der Waals surface area contributed by atoms with Crippen LogP contribution >= 0.6 is 0 Å². The first-order chi connectivity index (χ1) is 19.7. The van der Waals surface area contributed by atoms with Crippen LogP contribution in [0.3, 0.4) is 0 Å². The van der Waals surface area contributed by atoms with Gasteiger partial charge in [0.25, 0.3) is 0 Å². The zero-order valence-corrected chi connectivity index (χ0v) is 22.5. The van der Waals surface area contributed by atoms with Crippen molar-refractivity contribution >= 4 is 0 Å². The average Bonchev–Trinajstić information content (AvgIpc) is 3.28. The number of aromatic nitrogens is 4. The minimum atomic E-state index is -0.428. The molecule has 4 nitrogen and oxygen atoms in total. The topological polar surface area (TPSA) is 51.6 Å². The summed E-state index contributed by atoms with van der Waals surface area (Å²) in [5, 5.41) is 0. The summed E-state index contributed by atoms with van der Waals surface area (Å²) in [5.74, 6) is 0. The van der Waals surface area contributed by atoms with Crippen LogP contribution in [0.2, 0.25) is 0 Å². The Balaban J connectivity index is 1.55. The monoisotopic (exact) mass is 516 g/mol. The van der Waals surface area contributed by atoms with Gasteiger partial charge in [-0.05, 0) is 13.3 Å². The normalized spacial score (nSPS) is 13.1. The van der Waals surface area contributed by atoms with E-state index in [9.17, 15) is 0 Å². The van der Waals surface area contributed by atoms with Gasteiger partial charge in [0.15, 0.2) is 0 Å². The van der Waals surface area contributed by atoms with Gasteiger partial charge < -0.3 is 0 Å². The van der Waals surface area contributed by atoms with Gasteiger partial charge in [-0.1, -0.05) is 128 Å². The van der Waals surface area contributed by atoms with Crippen LogP contribution in [0.1, 0.15) is 31.7 Å². The molecule has 6 aromatic rings. The smallest absolute Gasteiger partial charge is 0.114 e. The molecule has 0 saturated heterocycles. The first-order valence-electron chi connectivity index (χ1n) is 13.7. The Morgan fingerprint density at radius 1 is 0.400 bits per heavy atom. The molecule has 2 aromatic heterocycles. The van der Waals surface area contributed by atoms with Gasteiger partial charge in [0.2, 0.25) is 0 Å². The highest BCUT2D eigenvalue weighted by Gasteiger charge is 2.45. The van der Waals surface area contributed by atoms with Crippen molar-refractivity contribution in [2.45, 2.75) is 25.7 Å². The molecule has 192 valence electrons. The van der Waals surface area contributed by atoms with Crippen molar-refractivity contribution in [3.05, 3.63) is 133 Å². The van der Waals surface area contributed by atoms with Crippen LogP contribution < -0.4 is 0 Å². The van der Waals surface area contributed by atoms with Crippen molar-refractivity contribution in [3.63, 3.8) is 0 Å². The number of hydrogen-bond donors (Lipinski definition) is 0. The predicted octanol–water partition coefficient (Wildman–Crippen LogP) is 8.63. The molecular weight excluding hydrogens is 488 g/mol. The summed E-state index contributed by atoms with van der Waals surface area (Å²) in [7, 11) is 0. The van der Waals surface area contributed by atoms with Crippen LogP contribution in [-0.2, 0) is 5.41 Å². The zero-order chi connectivity index (χ0) is 27.1. The van der Waals surface area contributed by atoms with Crippen molar-refractivity contribution in [1.29, 1.82) is 0 Å². The lowest BCUT2D eigenvalue weighted by molar-refractivity contribution is 0.531. The summed E-state index contributed by atoms with van der Waals surface area (Å²) in [6, 6.07) is 41.3. The molecule has 4 aromatic carbocycles. The van der Waals surface area contributed by atoms with Gasteiger partial charge in [-0.25, -0.2) is 19.9 Å². The molecule has 0 aliphatic heterocycles. The maximum Gasteiger partial charge on any atom is 0.114 e. The van der Waals surface area contributed by atoms with Crippen LogP contribution in [0.15, 0.2) is 121 Å². The molecule has 0 unspecified atom stereocenters.